The van der Waals surface area contributed by atoms with Crippen LogP contribution in [-0.2, 0) is 6.54 Å². The summed E-state index contributed by atoms with van der Waals surface area (Å²) in [5, 5.41) is 28.0. The number of hydrogen-bond donors (Lipinski definition) is 2. The van der Waals surface area contributed by atoms with Gasteiger partial charge in [0.1, 0.15) is 11.5 Å². The SMILES string of the molecule is O=[N+]([O-])Cc1ccc(O)cc1O. The molecule has 0 aliphatic carbocycles. The first-order chi connectivity index (χ1) is 5.59. The summed E-state index contributed by atoms with van der Waals surface area (Å²) >= 11 is 0. The molecule has 2 N–H and O–H groups in total. The van der Waals surface area contributed by atoms with E-state index in [2.05, 4.69) is 0 Å². The van der Waals surface area contributed by atoms with Crippen molar-refractivity contribution in [2.45, 2.75) is 6.54 Å². The Kier molecular flexibility index (Phi) is 2.14. The number of phenolic OH excluding ortho intramolecular Hbond substituents is 2. The Morgan fingerprint density at radius 1 is 1.42 bits per heavy atom. The van der Waals surface area contributed by atoms with E-state index >= 15 is 0 Å². The lowest BCUT2D eigenvalue weighted by Crippen LogP contribution is -1.97. The van der Waals surface area contributed by atoms with Gasteiger partial charge in [0.2, 0.25) is 6.54 Å². The number of nitro groups is 1. The van der Waals surface area contributed by atoms with Crippen molar-refractivity contribution < 1.29 is 15.1 Å². The molecule has 0 radical (unpaired) electrons. The standard InChI is InChI=1S/C7H7NO4/c9-6-2-1-5(4-8(11)12)7(10)3-6/h1-3,9-10H,4H2. The van der Waals surface area contributed by atoms with Gasteiger partial charge in [0.15, 0.2) is 0 Å². The summed E-state index contributed by atoms with van der Waals surface area (Å²) in [4.78, 5) is 9.49. The topological polar surface area (TPSA) is 83.6 Å². The fourth-order valence-corrected chi connectivity index (χ4v) is 0.825. The molecular weight excluding hydrogens is 162 g/mol. The maximum atomic E-state index is 10.0. The molecule has 0 heterocycles. The molecule has 0 aliphatic rings. The lowest BCUT2D eigenvalue weighted by molar-refractivity contribution is -0.496. The molecule has 12 heavy (non-hydrogen) atoms. The predicted octanol–water partition coefficient (Wildman–Crippen LogP) is 0.875. The summed E-state index contributed by atoms with van der Waals surface area (Å²) in [7, 11) is 0. The number of aromatic hydroxyl groups is 2. The molecule has 0 saturated heterocycles. The maximum Gasteiger partial charge on any atom is 0.232 e. The molecule has 0 bridgehead atoms. The third-order valence-electron chi connectivity index (χ3n) is 1.37. The van der Waals surface area contributed by atoms with Crippen LogP contribution in [0.4, 0.5) is 0 Å². The van der Waals surface area contributed by atoms with Crippen molar-refractivity contribution in [2.24, 2.45) is 0 Å². The van der Waals surface area contributed by atoms with Crippen LogP contribution in [-0.4, -0.2) is 15.1 Å². The smallest absolute Gasteiger partial charge is 0.232 e. The molecular formula is C7H7NO4. The summed E-state index contributed by atoms with van der Waals surface area (Å²) in [5.74, 6) is -0.369. The van der Waals surface area contributed by atoms with E-state index in [1.807, 2.05) is 0 Å². The molecule has 0 aromatic heterocycles. The lowest BCUT2D eigenvalue weighted by Gasteiger charge is -1.99. The average Bonchev–Trinajstić information content (AvgIpc) is 1.94. The molecule has 0 amide bonds. The zero-order valence-corrected chi connectivity index (χ0v) is 6.10. The Morgan fingerprint density at radius 2 is 2.08 bits per heavy atom. The van der Waals surface area contributed by atoms with Gasteiger partial charge in [-0.05, 0) is 12.1 Å². The lowest BCUT2D eigenvalue weighted by atomic mass is 10.2. The van der Waals surface area contributed by atoms with Crippen LogP contribution < -0.4 is 0 Å². The van der Waals surface area contributed by atoms with Crippen molar-refractivity contribution in [3.63, 3.8) is 0 Å². The van der Waals surface area contributed by atoms with Gasteiger partial charge in [-0.2, -0.15) is 0 Å². The summed E-state index contributed by atoms with van der Waals surface area (Å²) in [6, 6.07) is 3.67. The number of rotatable bonds is 2. The van der Waals surface area contributed by atoms with Crippen LogP contribution in [0, 0.1) is 10.1 Å². The predicted molar refractivity (Wildman–Crippen MR) is 40.5 cm³/mol. The molecule has 0 spiro atoms. The van der Waals surface area contributed by atoms with Crippen LogP contribution in [0.5, 0.6) is 11.5 Å². The highest BCUT2D eigenvalue weighted by atomic mass is 16.6. The van der Waals surface area contributed by atoms with Gasteiger partial charge < -0.3 is 10.2 Å². The Balaban J connectivity index is 2.93. The summed E-state index contributed by atoms with van der Waals surface area (Å²) in [6.45, 7) is -0.438. The third-order valence-corrected chi connectivity index (χ3v) is 1.37. The second kappa shape index (κ2) is 3.08. The zero-order valence-electron chi connectivity index (χ0n) is 6.10. The number of nitrogens with zero attached hydrogens (tertiary/aromatic N) is 1. The van der Waals surface area contributed by atoms with Crippen LogP contribution in [0.2, 0.25) is 0 Å². The maximum absolute atomic E-state index is 10.0. The molecule has 1 aromatic rings. The van der Waals surface area contributed by atoms with Crippen LogP contribution in [0.3, 0.4) is 0 Å². The fourth-order valence-electron chi connectivity index (χ4n) is 0.825. The van der Waals surface area contributed by atoms with Crippen molar-refractivity contribution in [1.29, 1.82) is 0 Å². The third kappa shape index (κ3) is 1.85. The van der Waals surface area contributed by atoms with Gasteiger partial charge in [-0.3, -0.25) is 10.1 Å². The van der Waals surface area contributed by atoms with Gasteiger partial charge in [0, 0.05) is 11.0 Å². The minimum Gasteiger partial charge on any atom is -0.508 e. The van der Waals surface area contributed by atoms with Crippen molar-refractivity contribution in [3.8, 4) is 11.5 Å². The Labute approximate surface area is 68.0 Å². The van der Waals surface area contributed by atoms with Crippen LogP contribution in [0.1, 0.15) is 5.56 Å². The van der Waals surface area contributed by atoms with Gasteiger partial charge in [-0.15, -0.1) is 0 Å². The molecule has 0 unspecified atom stereocenters. The van der Waals surface area contributed by atoms with Gasteiger partial charge in [-0.25, -0.2) is 0 Å². The highest BCUT2D eigenvalue weighted by molar-refractivity contribution is 5.38. The number of phenols is 2. The Hall–Kier alpha value is -1.78. The van der Waals surface area contributed by atoms with E-state index in [1.54, 1.807) is 0 Å². The van der Waals surface area contributed by atoms with Gasteiger partial charge in [0.25, 0.3) is 0 Å². The highest BCUT2D eigenvalue weighted by Crippen LogP contribution is 2.22. The van der Waals surface area contributed by atoms with E-state index in [0.717, 1.165) is 6.07 Å². The Morgan fingerprint density at radius 3 is 2.58 bits per heavy atom. The van der Waals surface area contributed by atoms with E-state index in [-0.39, 0.29) is 17.1 Å². The minimum atomic E-state index is -0.550. The molecule has 5 nitrogen and oxygen atoms in total. The van der Waals surface area contributed by atoms with E-state index in [0.29, 0.717) is 0 Å². The van der Waals surface area contributed by atoms with Gasteiger partial charge in [0.05, 0.1) is 5.56 Å². The average molecular weight is 169 g/mol. The second-order valence-corrected chi connectivity index (χ2v) is 2.30. The van der Waals surface area contributed by atoms with Crippen LogP contribution >= 0.6 is 0 Å². The summed E-state index contributed by atoms with van der Waals surface area (Å²) < 4.78 is 0. The van der Waals surface area contributed by atoms with E-state index in [4.69, 9.17) is 10.2 Å². The van der Waals surface area contributed by atoms with Crippen LogP contribution in [0.15, 0.2) is 18.2 Å². The largest absolute Gasteiger partial charge is 0.508 e. The van der Waals surface area contributed by atoms with E-state index in [1.165, 1.54) is 12.1 Å². The molecule has 0 atom stereocenters. The normalized spacial score (nSPS) is 9.67. The molecule has 1 aromatic carbocycles. The monoisotopic (exact) mass is 169 g/mol. The minimum absolute atomic E-state index is 0.111. The molecule has 1 rings (SSSR count). The van der Waals surface area contributed by atoms with E-state index < -0.39 is 11.5 Å². The van der Waals surface area contributed by atoms with Crippen molar-refractivity contribution in [3.05, 3.63) is 33.9 Å². The van der Waals surface area contributed by atoms with Gasteiger partial charge in [-0.1, -0.05) is 0 Å². The first-order valence-corrected chi connectivity index (χ1v) is 3.22. The molecule has 0 aliphatic heterocycles. The quantitative estimate of drug-likeness (QED) is 0.508. The van der Waals surface area contributed by atoms with Gasteiger partial charge >= 0.3 is 0 Å². The molecule has 5 heteroatoms. The first-order valence-electron chi connectivity index (χ1n) is 3.22. The van der Waals surface area contributed by atoms with Crippen molar-refractivity contribution in [2.75, 3.05) is 0 Å². The number of benzene rings is 1. The highest BCUT2D eigenvalue weighted by Gasteiger charge is 2.07. The molecule has 0 fully saturated rings. The fraction of sp³-hybridized carbons (Fsp3) is 0.143. The molecule has 64 valence electrons. The Bertz CT molecular complexity index is 310. The summed E-state index contributed by atoms with van der Waals surface area (Å²) in [5.41, 5.74) is 0.192. The van der Waals surface area contributed by atoms with Crippen LogP contribution in [0.25, 0.3) is 0 Å². The van der Waals surface area contributed by atoms with E-state index in [9.17, 15) is 10.1 Å². The number of hydrogen-bond acceptors (Lipinski definition) is 4. The first kappa shape index (κ1) is 8.32. The molecule has 0 saturated carbocycles. The zero-order chi connectivity index (χ0) is 9.14. The van der Waals surface area contributed by atoms with Crippen molar-refractivity contribution >= 4 is 0 Å². The van der Waals surface area contributed by atoms with Crippen molar-refractivity contribution in [1.82, 2.24) is 0 Å². The summed E-state index contributed by atoms with van der Waals surface area (Å²) in [6.07, 6.45) is 0. The second-order valence-electron chi connectivity index (χ2n) is 2.30.